The standard InChI is InChI=1S/C24H21F6NO3/c1-4-33-21(32)8-5-14-9-18(23(25,26)27)22(19(10-14)24(28,29)30)34-15-6-7-20-16(11-15)17(12-31-20)13(2)3/h5-13,31H,4H2,1-3H3/b8-5+. The summed E-state index contributed by atoms with van der Waals surface area (Å²) in [7, 11) is 0. The average Bonchev–Trinajstić information content (AvgIpc) is 3.15. The van der Waals surface area contributed by atoms with Crippen LogP contribution in [-0.2, 0) is 21.9 Å². The molecule has 0 spiro atoms. The van der Waals surface area contributed by atoms with Gasteiger partial charge in [-0.1, -0.05) is 13.8 Å². The first-order chi connectivity index (χ1) is 15.8. The Labute approximate surface area is 191 Å². The highest BCUT2D eigenvalue weighted by Gasteiger charge is 2.43. The molecule has 3 rings (SSSR count). The van der Waals surface area contributed by atoms with E-state index in [1.165, 1.54) is 25.1 Å². The Morgan fingerprint density at radius 3 is 2.18 bits per heavy atom. The Morgan fingerprint density at radius 2 is 1.65 bits per heavy atom. The van der Waals surface area contributed by atoms with Crippen LogP contribution in [-0.4, -0.2) is 17.6 Å². The molecule has 2 aromatic carbocycles. The fourth-order valence-electron chi connectivity index (χ4n) is 3.41. The summed E-state index contributed by atoms with van der Waals surface area (Å²) in [6.07, 6.45) is -7.01. The smallest absolute Gasteiger partial charge is 0.420 e. The molecule has 0 saturated heterocycles. The van der Waals surface area contributed by atoms with Crippen molar-refractivity contribution in [1.82, 2.24) is 4.98 Å². The number of hydrogen-bond donors (Lipinski definition) is 1. The van der Waals surface area contributed by atoms with Crippen molar-refractivity contribution >= 4 is 22.9 Å². The first kappa shape index (κ1) is 25.2. The minimum Gasteiger partial charge on any atom is -0.463 e. The van der Waals surface area contributed by atoms with E-state index in [1.54, 1.807) is 6.20 Å². The first-order valence-corrected chi connectivity index (χ1v) is 10.3. The van der Waals surface area contributed by atoms with E-state index in [-0.39, 0.29) is 18.3 Å². The summed E-state index contributed by atoms with van der Waals surface area (Å²) in [5.41, 5.74) is -2.22. The number of nitrogens with one attached hydrogen (secondary N) is 1. The number of esters is 1. The minimum absolute atomic E-state index is 0.00155. The van der Waals surface area contributed by atoms with E-state index in [0.717, 1.165) is 17.7 Å². The first-order valence-electron chi connectivity index (χ1n) is 10.3. The third-order valence-electron chi connectivity index (χ3n) is 4.95. The molecule has 1 N–H and O–H groups in total. The van der Waals surface area contributed by atoms with Crippen molar-refractivity contribution in [2.45, 2.75) is 39.0 Å². The van der Waals surface area contributed by atoms with Crippen LogP contribution in [0.5, 0.6) is 11.5 Å². The van der Waals surface area contributed by atoms with Crippen LogP contribution in [0.25, 0.3) is 17.0 Å². The molecule has 10 heteroatoms. The van der Waals surface area contributed by atoms with Crippen molar-refractivity contribution in [2.75, 3.05) is 6.61 Å². The predicted molar refractivity (Wildman–Crippen MR) is 115 cm³/mol. The van der Waals surface area contributed by atoms with E-state index < -0.39 is 40.8 Å². The Balaban J connectivity index is 2.16. The molecule has 0 radical (unpaired) electrons. The van der Waals surface area contributed by atoms with Crippen LogP contribution in [0.15, 0.2) is 42.6 Å². The second-order valence-electron chi connectivity index (χ2n) is 7.73. The van der Waals surface area contributed by atoms with Gasteiger partial charge in [0.1, 0.15) is 5.75 Å². The number of benzene rings is 2. The van der Waals surface area contributed by atoms with Crippen molar-refractivity contribution in [3.63, 3.8) is 0 Å². The summed E-state index contributed by atoms with van der Waals surface area (Å²) in [5, 5.41) is 0.628. The molecule has 0 fully saturated rings. The summed E-state index contributed by atoms with van der Waals surface area (Å²) in [6.45, 7) is 5.32. The van der Waals surface area contributed by atoms with Gasteiger partial charge in [0.2, 0.25) is 0 Å². The zero-order chi connectivity index (χ0) is 25.3. The summed E-state index contributed by atoms with van der Waals surface area (Å²) < 4.78 is 92.8. The number of fused-ring (bicyclic) bond motifs is 1. The largest absolute Gasteiger partial charge is 0.463 e. The fraction of sp³-hybridized carbons (Fsp3) is 0.292. The van der Waals surface area contributed by atoms with E-state index in [1.807, 2.05) is 13.8 Å². The van der Waals surface area contributed by atoms with Crippen LogP contribution in [0, 0.1) is 0 Å². The molecule has 34 heavy (non-hydrogen) atoms. The van der Waals surface area contributed by atoms with Crippen LogP contribution < -0.4 is 4.74 Å². The number of aromatic amines is 1. The highest BCUT2D eigenvalue weighted by Crippen LogP contribution is 2.47. The third-order valence-corrected chi connectivity index (χ3v) is 4.95. The van der Waals surface area contributed by atoms with Gasteiger partial charge in [0.25, 0.3) is 0 Å². The lowest BCUT2D eigenvalue weighted by molar-refractivity contribution is -0.145. The van der Waals surface area contributed by atoms with Crippen molar-refractivity contribution in [3.8, 4) is 11.5 Å². The molecule has 0 saturated carbocycles. The van der Waals surface area contributed by atoms with Gasteiger partial charge >= 0.3 is 18.3 Å². The van der Waals surface area contributed by atoms with Crippen molar-refractivity contribution < 1.29 is 40.6 Å². The maximum absolute atomic E-state index is 13.8. The number of aromatic nitrogens is 1. The molecule has 4 nitrogen and oxygen atoms in total. The Bertz CT molecular complexity index is 1190. The van der Waals surface area contributed by atoms with E-state index in [4.69, 9.17) is 4.74 Å². The SMILES string of the molecule is CCOC(=O)/C=C/c1cc(C(F)(F)F)c(Oc2ccc3[nH]cc(C(C)C)c3c2)c(C(F)(F)F)c1. The quantitative estimate of drug-likeness (QED) is 0.221. The molecule has 182 valence electrons. The number of H-pyrrole nitrogens is 1. The lowest BCUT2D eigenvalue weighted by Crippen LogP contribution is -2.14. The average molecular weight is 485 g/mol. The number of hydrogen-bond acceptors (Lipinski definition) is 3. The van der Waals surface area contributed by atoms with Gasteiger partial charge in [-0.15, -0.1) is 0 Å². The fourth-order valence-corrected chi connectivity index (χ4v) is 3.41. The zero-order valence-electron chi connectivity index (χ0n) is 18.4. The van der Waals surface area contributed by atoms with Gasteiger partial charge in [-0.3, -0.25) is 0 Å². The Kier molecular flexibility index (Phi) is 6.99. The van der Waals surface area contributed by atoms with E-state index >= 15 is 0 Å². The van der Waals surface area contributed by atoms with E-state index in [9.17, 15) is 31.1 Å². The van der Waals surface area contributed by atoms with Crippen molar-refractivity contribution in [2.24, 2.45) is 0 Å². The van der Waals surface area contributed by atoms with Gasteiger partial charge in [-0.25, -0.2) is 4.79 Å². The highest BCUT2D eigenvalue weighted by atomic mass is 19.4. The molecular formula is C24H21F6NO3. The number of carbonyl (C=O) groups excluding carboxylic acids is 1. The van der Waals surface area contributed by atoms with Crippen LogP contribution >= 0.6 is 0 Å². The second kappa shape index (κ2) is 9.44. The number of rotatable bonds is 6. The summed E-state index contributed by atoms with van der Waals surface area (Å²) in [6, 6.07) is 5.20. The van der Waals surface area contributed by atoms with Gasteiger partial charge in [-0.05, 0) is 60.4 Å². The lowest BCUT2D eigenvalue weighted by atomic mass is 10.0. The van der Waals surface area contributed by atoms with Gasteiger partial charge in [0, 0.05) is 23.2 Å². The lowest BCUT2D eigenvalue weighted by Gasteiger charge is -2.20. The van der Waals surface area contributed by atoms with E-state index in [2.05, 4.69) is 9.72 Å². The molecule has 0 atom stereocenters. The van der Waals surface area contributed by atoms with Gasteiger partial charge < -0.3 is 14.5 Å². The Hall–Kier alpha value is -3.43. The van der Waals surface area contributed by atoms with Crippen LogP contribution in [0.1, 0.15) is 48.9 Å². The zero-order valence-corrected chi connectivity index (χ0v) is 18.4. The molecule has 1 aromatic heterocycles. The molecule has 0 unspecified atom stereocenters. The molecule has 0 aliphatic carbocycles. The van der Waals surface area contributed by atoms with Crippen molar-refractivity contribution in [3.05, 3.63) is 64.9 Å². The molecule has 1 heterocycles. The monoisotopic (exact) mass is 485 g/mol. The molecule has 0 bridgehead atoms. The predicted octanol–water partition coefficient (Wildman–Crippen LogP) is 7.70. The molecule has 0 aliphatic heterocycles. The maximum Gasteiger partial charge on any atom is 0.420 e. The minimum atomic E-state index is -5.16. The second-order valence-corrected chi connectivity index (χ2v) is 7.73. The normalized spacial score (nSPS) is 12.6. The summed E-state index contributed by atoms with van der Waals surface area (Å²) >= 11 is 0. The number of halogens is 6. The van der Waals surface area contributed by atoms with E-state index in [0.29, 0.717) is 23.0 Å². The summed E-state index contributed by atoms with van der Waals surface area (Å²) in [5.74, 6) is -2.38. The molecule has 3 aromatic rings. The van der Waals surface area contributed by atoms with Crippen molar-refractivity contribution in [1.29, 1.82) is 0 Å². The van der Waals surface area contributed by atoms with Crippen LogP contribution in [0.2, 0.25) is 0 Å². The summed E-state index contributed by atoms with van der Waals surface area (Å²) in [4.78, 5) is 14.5. The molecular weight excluding hydrogens is 464 g/mol. The maximum atomic E-state index is 13.8. The number of carbonyl (C=O) groups is 1. The van der Waals surface area contributed by atoms with Gasteiger partial charge in [0.05, 0.1) is 17.7 Å². The van der Waals surface area contributed by atoms with Gasteiger partial charge in [0.15, 0.2) is 5.75 Å². The molecule has 0 aliphatic rings. The third kappa shape index (κ3) is 5.55. The van der Waals surface area contributed by atoms with Crippen LogP contribution in [0.4, 0.5) is 26.3 Å². The highest BCUT2D eigenvalue weighted by molar-refractivity contribution is 5.87. The topological polar surface area (TPSA) is 51.3 Å². The number of alkyl halides is 6. The van der Waals surface area contributed by atoms with Crippen LogP contribution in [0.3, 0.4) is 0 Å². The molecule has 0 amide bonds. The number of ether oxygens (including phenoxy) is 2. The van der Waals surface area contributed by atoms with Gasteiger partial charge in [-0.2, -0.15) is 26.3 Å². The Morgan fingerprint density at radius 1 is 1.03 bits per heavy atom.